The van der Waals surface area contributed by atoms with Crippen molar-refractivity contribution in [2.24, 2.45) is 28.6 Å². The highest BCUT2D eigenvalue weighted by Gasteiger charge is 2.51. The van der Waals surface area contributed by atoms with Crippen molar-refractivity contribution in [3.63, 3.8) is 0 Å². The van der Waals surface area contributed by atoms with Crippen LogP contribution in [0.3, 0.4) is 0 Å². The van der Waals surface area contributed by atoms with Crippen LogP contribution in [-0.4, -0.2) is 10.8 Å². The molecule has 0 radical (unpaired) electrons. The Kier molecular flexibility index (Phi) is 4.25. The summed E-state index contributed by atoms with van der Waals surface area (Å²) in [4.78, 5) is 0. The smallest absolute Gasteiger partial charge is 0.0225 e. The van der Waals surface area contributed by atoms with Crippen LogP contribution in [0.4, 0.5) is 0 Å². The summed E-state index contributed by atoms with van der Waals surface area (Å²) in [6, 6.07) is 11.4. The second-order valence-electron chi connectivity index (χ2n) is 12.6. The molecule has 0 saturated heterocycles. The highest BCUT2D eigenvalue weighted by molar-refractivity contribution is 7.65. The highest BCUT2D eigenvalue weighted by Crippen LogP contribution is 2.59. The first-order valence-corrected chi connectivity index (χ1v) is 13.8. The van der Waals surface area contributed by atoms with E-state index < -0.39 is 7.70 Å². The van der Waals surface area contributed by atoms with Crippen molar-refractivity contribution in [3.05, 3.63) is 53.6 Å². The van der Waals surface area contributed by atoms with Gasteiger partial charge in [-0.05, 0) is 115 Å². The molecule has 1 aromatic carbocycles. The molecular formula is C28H38NP. The average molecular weight is 420 g/mol. The lowest BCUT2D eigenvalue weighted by Crippen LogP contribution is -2.57. The third-order valence-corrected chi connectivity index (χ3v) is 11.6. The van der Waals surface area contributed by atoms with Gasteiger partial charge in [-0.3, -0.25) is 5.09 Å². The fourth-order valence-electron chi connectivity index (χ4n) is 8.51. The number of hydrogen-bond acceptors (Lipinski definition) is 1. The van der Waals surface area contributed by atoms with Crippen molar-refractivity contribution in [2.75, 3.05) is 0 Å². The predicted molar refractivity (Wildman–Crippen MR) is 132 cm³/mol. The first-order valence-electron chi connectivity index (χ1n) is 12.3. The summed E-state index contributed by atoms with van der Waals surface area (Å²) in [6.07, 6.45) is 15.3. The molecule has 6 aliphatic carbocycles. The van der Waals surface area contributed by atoms with E-state index in [-0.39, 0.29) is 0 Å². The fraction of sp³-hybridized carbons (Fsp3) is 0.607. The van der Waals surface area contributed by atoms with Crippen molar-refractivity contribution < 1.29 is 0 Å². The van der Waals surface area contributed by atoms with Gasteiger partial charge in [0, 0.05) is 5.54 Å². The molecule has 0 heterocycles. The summed E-state index contributed by atoms with van der Waals surface area (Å²) in [5.74, 6) is 2.97. The van der Waals surface area contributed by atoms with Crippen LogP contribution in [-0.2, 0) is 0 Å². The second-order valence-corrected chi connectivity index (χ2v) is 14.7. The van der Waals surface area contributed by atoms with Crippen LogP contribution >= 0.6 is 7.70 Å². The topological polar surface area (TPSA) is 12.0 Å². The molecule has 5 fully saturated rings. The van der Waals surface area contributed by atoms with E-state index in [1.54, 1.807) is 16.4 Å². The maximum atomic E-state index is 4.44. The van der Waals surface area contributed by atoms with Crippen LogP contribution in [0.15, 0.2) is 53.6 Å². The first-order chi connectivity index (χ1) is 14.2. The molecule has 1 atom stereocenters. The number of fused-ring (bicyclic) bond motifs is 1. The van der Waals surface area contributed by atoms with Crippen LogP contribution in [0.1, 0.15) is 72.6 Å². The Labute approximate surface area is 183 Å². The van der Waals surface area contributed by atoms with E-state index in [4.69, 9.17) is 0 Å². The van der Waals surface area contributed by atoms with Gasteiger partial charge in [-0.1, -0.05) is 58.0 Å². The second kappa shape index (κ2) is 6.49. The molecular weight excluding hydrogens is 381 g/mol. The molecule has 0 amide bonds. The molecule has 1 aromatic rings. The van der Waals surface area contributed by atoms with E-state index >= 15 is 0 Å². The first kappa shape index (κ1) is 19.6. The molecule has 0 aliphatic heterocycles. The Morgan fingerprint density at radius 2 is 1.27 bits per heavy atom. The van der Waals surface area contributed by atoms with E-state index in [1.165, 1.54) is 50.3 Å². The lowest BCUT2D eigenvalue weighted by molar-refractivity contribution is -0.00729. The van der Waals surface area contributed by atoms with E-state index in [1.807, 2.05) is 0 Å². The van der Waals surface area contributed by atoms with Gasteiger partial charge >= 0.3 is 0 Å². The summed E-state index contributed by atoms with van der Waals surface area (Å²) >= 11 is 0. The fourth-order valence-corrected chi connectivity index (χ4v) is 11.1. The monoisotopic (exact) mass is 419 g/mol. The molecule has 2 heteroatoms. The third-order valence-electron chi connectivity index (χ3n) is 9.01. The molecule has 0 spiro atoms. The zero-order valence-electron chi connectivity index (χ0n) is 19.2. The Bertz CT molecular complexity index is 908. The third kappa shape index (κ3) is 3.07. The van der Waals surface area contributed by atoms with Crippen LogP contribution in [0.5, 0.6) is 0 Å². The summed E-state index contributed by atoms with van der Waals surface area (Å²) in [7, 11) is -0.987. The van der Waals surface area contributed by atoms with Gasteiger partial charge in [0.25, 0.3) is 0 Å². The normalized spacial score (nSPS) is 38.4. The average Bonchev–Trinajstić information content (AvgIpc) is 3.18. The molecule has 0 aromatic heterocycles. The van der Waals surface area contributed by atoms with Crippen molar-refractivity contribution >= 4 is 18.3 Å². The van der Waals surface area contributed by atoms with Gasteiger partial charge in [-0.15, -0.1) is 0 Å². The van der Waals surface area contributed by atoms with Gasteiger partial charge < -0.3 is 0 Å². The van der Waals surface area contributed by atoms with Gasteiger partial charge in [-0.2, -0.15) is 0 Å². The van der Waals surface area contributed by atoms with Gasteiger partial charge in [0.1, 0.15) is 0 Å². The quantitative estimate of drug-likeness (QED) is 0.552. The molecule has 1 N–H and O–H groups in total. The van der Waals surface area contributed by atoms with Gasteiger partial charge in [0.2, 0.25) is 0 Å². The predicted octanol–water partition coefficient (Wildman–Crippen LogP) is 6.49. The van der Waals surface area contributed by atoms with Crippen LogP contribution < -0.4 is 10.4 Å². The summed E-state index contributed by atoms with van der Waals surface area (Å²) in [5, 5.41) is 7.58. The molecule has 160 valence electrons. The molecule has 1 nitrogen and oxygen atoms in total. The maximum absolute atomic E-state index is 4.44. The molecule has 7 rings (SSSR count). The molecule has 6 aliphatic rings. The lowest BCUT2D eigenvalue weighted by Gasteiger charge is -2.57. The molecule has 4 bridgehead atoms. The zero-order chi connectivity index (χ0) is 20.7. The van der Waals surface area contributed by atoms with Crippen molar-refractivity contribution in [1.29, 1.82) is 0 Å². The molecule has 30 heavy (non-hydrogen) atoms. The largest absolute Gasteiger partial charge is 0.289 e. The Morgan fingerprint density at radius 3 is 1.77 bits per heavy atom. The van der Waals surface area contributed by atoms with E-state index in [0.29, 0.717) is 16.4 Å². The van der Waals surface area contributed by atoms with Gasteiger partial charge in [0.05, 0.1) is 0 Å². The Hall–Kier alpha value is -1.04. The summed E-state index contributed by atoms with van der Waals surface area (Å²) in [6.45, 7) is 9.80. The van der Waals surface area contributed by atoms with E-state index in [0.717, 1.165) is 17.8 Å². The van der Waals surface area contributed by atoms with Crippen LogP contribution in [0, 0.1) is 28.6 Å². The van der Waals surface area contributed by atoms with Crippen molar-refractivity contribution in [1.82, 2.24) is 5.09 Å². The van der Waals surface area contributed by atoms with Crippen LogP contribution in [0.25, 0.3) is 0 Å². The van der Waals surface area contributed by atoms with E-state index in [9.17, 15) is 0 Å². The maximum Gasteiger partial charge on any atom is 0.0225 e. The Balaban J connectivity index is 1.46. The van der Waals surface area contributed by atoms with Crippen molar-refractivity contribution in [3.8, 4) is 0 Å². The number of rotatable bonds is 3. The number of hydrogen-bond donors (Lipinski definition) is 1. The minimum absolute atomic E-state index is 0.293. The summed E-state index contributed by atoms with van der Waals surface area (Å²) in [5.41, 5.74) is 4.23. The minimum atomic E-state index is -0.987. The van der Waals surface area contributed by atoms with Crippen molar-refractivity contribution in [2.45, 2.75) is 78.2 Å². The Morgan fingerprint density at radius 1 is 0.767 bits per heavy atom. The number of benzene rings is 1. The highest BCUT2D eigenvalue weighted by atomic mass is 31.1. The van der Waals surface area contributed by atoms with E-state index in [2.05, 4.69) is 75.3 Å². The SMILES string of the molecule is CC1(C)CC(C)(C)C2=CC(=[PH](NC34CC5CC(CC(C5)C3)C4)c3ccccc3)C=C21. The summed E-state index contributed by atoms with van der Waals surface area (Å²) < 4.78 is 0. The van der Waals surface area contributed by atoms with Gasteiger partial charge in [-0.25, -0.2) is 0 Å². The zero-order valence-corrected chi connectivity index (χ0v) is 20.2. The van der Waals surface area contributed by atoms with Crippen LogP contribution in [0.2, 0.25) is 0 Å². The molecule has 1 unspecified atom stereocenters. The standard InChI is InChI=1S/C28H38NP/c1-26(2)18-27(3,4)25-14-23(13-24(25)26)30(22-8-6-5-7-9-22)29-28-15-19-10-20(16-28)12-21(11-19)17-28/h5-9,13-14,19-21,29-30H,10-12,15-18H2,1-4H3. The minimum Gasteiger partial charge on any atom is -0.289 e. The van der Waals surface area contributed by atoms with Gasteiger partial charge in [0.15, 0.2) is 0 Å². The molecule has 5 saturated carbocycles. The lowest BCUT2D eigenvalue weighted by atomic mass is 9.53. The number of allylic oxidation sites excluding steroid dienone is 4. The number of nitrogens with one attached hydrogen (secondary N) is 1.